The van der Waals surface area contributed by atoms with Gasteiger partial charge in [-0.3, -0.25) is 14.9 Å². The second-order valence-corrected chi connectivity index (χ2v) is 10.6. The van der Waals surface area contributed by atoms with E-state index in [0.717, 1.165) is 31.2 Å². The van der Waals surface area contributed by atoms with Gasteiger partial charge in [-0.15, -0.1) is 0 Å². The van der Waals surface area contributed by atoms with Gasteiger partial charge in [-0.2, -0.15) is 0 Å². The molecule has 0 aliphatic heterocycles. The van der Waals surface area contributed by atoms with Gasteiger partial charge in [0.25, 0.3) is 5.91 Å². The van der Waals surface area contributed by atoms with Crippen molar-refractivity contribution in [3.8, 4) is 0 Å². The van der Waals surface area contributed by atoms with E-state index in [9.17, 15) is 14.4 Å². The number of carbonyl (C=O) groups is 3. The van der Waals surface area contributed by atoms with Crippen LogP contribution < -0.4 is 10.6 Å². The molecule has 2 aliphatic rings. The van der Waals surface area contributed by atoms with E-state index in [0.29, 0.717) is 28.9 Å². The highest BCUT2D eigenvalue weighted by Crippen LogP contribution is 2.52. The summed E-state index contributed by atoms with van der Waals surface area (Å²) in [6, 6.07) is 11.8. The summed E-state index contributed by atoms with van der Waals surface area (Å²) in [7, 11) is 0. The Kier molecular flexibility index (Phi) is 6.73. The molecule has 2 fully saturated rings. The maximum absolute atomic E-state index is 13.3. The smallest absolute Gasteiger partial charge is 0.413 e. The molecule has 2 bridgehead atoms. The molecular formula is C27H33N3O4. The molecular weight excluding hydrogens is 430 g/mol. The fraction of sp³-hybridized carbons (Fsp3) is 0.481. The van der Waals surface area contributed by atoms with Crippen LogP contribution in [0.1, 0.15) is 63.5 Å². The van der Waals surface area contributed by atoms with Crippen molar-refractivity contribution in [2.75, 3.05) is 10.6 Å². The minimum Gasteiger partial charge on any atom is -0.444 e. The van der Waals surface area contributed by atoms with E-state index in [-0.39, 0.29) is 17.6 Å². The summed E-state index contributed by atoms with van der Waals surface area (Å²) in [6.45, 7) is 7.11. The number of hydrogen-bond donors (Lipinski definition) is 2. The molecule has 2 saturated carbocycles. The maximum atomic E-state index is 13.3. The molecule has 0 saturated heterocycles. The molecule has 2 aliphatic carbocycles. The van der Waals surface area contributed by atoms with Crippen LogP contribution in [0.15, 0.2) is 42.6 Å². The van der Waals surface area contributed by atoms with Crippen LogP contribution in [-0.4, -0.2) is 28.4 Å². The van der Waals surface area contributed by atoms with Crippen molar-refractivity contribution in [3.63, 3.8) is 0 Å². The first kappa shape index (κ1) is 23.9. The van der Waals surface area contributed by atoms with E-state index in [1.165, 1.54) is 6.20 Å². The maximum Gasteiger partial charge on any atom is 0.413 e. The molecule has 1 unspecified atom stereocenters. The SMILES string of the molecule is Cc1cc(NC(=O)C(=O)C2C[C@@H]3CC[C@@H](C3)[C@H]2c2ccccc2)cnc1NC(=O)OC(C)(C)C. The number of benzene rings is 1. The number of carbonyl (C=O) groups excluding carboxylic acids is 3. The van der Waals surface area contributed by atoms with Gasteiger partial charge < -0.3 is 10.1 Å². The van der Waals surface area contributed by atoms with Gasteiger partial charge in [-0.1, -0.05) is 36.8 Å². The Bertz CT molecular complexity index is 1080. The summed E-state index contributed by atoms with van der Waals surface area (Å²) in [4.78, 5) is 42.6. The summed E-state index contributed by atoms with van der Waals surface area (Å²) in [5.74, 6) is 0.111. The van der Waals surface area contributed by atoms with E-state index < -0.39 is 17.6 Å². The molecule has 7 nitrogen and oxygen atoms in total. The van der Waals surface area contributed by atoms with Gasteiger partial charge in [0.05, 0.1) is 11.9 Å². The number of anilines is 2. The number of nitrogens with zero attached hydrogens (tertiary/aromatic N) is 1. The highest BCUT2D eigenvalue weighted by Gasteiger charge is 2.46. The number of rotatable bonds is 5. The number of ketones is 1. The van der Waals surface area contributed by atoms with Crippen molar-refractivity contribution >= 4 is 29.3 Å². The van der Waals surface area contributed by atoms with Crippen molar-refractivity contribution in [1.29, 1.82) is 0 Å². The van der Waals surface area contributed by atoms with E-state index in [1.807, 2.05) is 18.2 Å². The monoisotopic (exact) mass is 463 g/mol. The van der Waals surface area contributed by atoms with Gasteiger partial charge in [-0.25, -0.2) is 9.78 Å². The third-order valence-corrected chi connectivity index (χ3v) is 6.81. The lowest BCUT2D eigenvalue weighted by molar-refractivity contribution is -0.138. The molecule has 4 atom stereocenters. The summed E-state index contributed by atoms with van der Waals surface area (Å²) in [5.41, 5.74) is 1.59. The van der Waals surface area contributed by atoms with E-state index in [4.69, 9.17) is 4.74 Å². The summed E-state index contributed by atoms with van der Waals surface area (Å²) in [6.07, 6.45) is 4.98. The van der Waals surface area contributed by atoms with Gasteiger partial charge in [0, 0.05) is 5.92 Å². The number of aromatic nitrogens is 1. The van der Waals surface area contributed by atoms with Crippen LogP contribution in [0, 0.1) is 24.7 Å². The summed E-state index contributed by atoms with van der Waals surface area (Å²) < 4.78 is 5.25. The molecule has 0 radical (unpaired) electrons. The quantitative estimate of drug-likeness (QED) is 0.574. The molecule has 7 heteroatoms. The zero-order chi connectivity index (χ0) is 24.5. The molecule has 4 rings (SSSR count). The number of aryl methyl sites for hydroxylation is 1. The Morgan fingerprint density at radius 3 is 2.44 bits per heavy atom. The minimum atomic E-state index is -0.623. The fourth-order valence-corrected chi connectivity index (χ4v) is 5.47. The van der Waals surface area contributed by atoms with E-state index in [1.54, 1.807) is 33.8 Å². The average molecular weight is 464 g/mol. The zero-order valence-corrected chi connectivity index (χ0v) is 20.3. The number of fused-ring (bicyclic) bond motifs is 2. The van der Waals surface area contributed by atoms with E-state index in [2.05, 4.69) is 27.8 Å². The molecule has 2 aromatic rings. The molecule has 180 valence electrons. The third kappa shape index (κ3) is 5.46. The molecule has 34 heavy (non-hydrogen) atoms. The number of ether oxygens (including phenoxy) is 1. The molecule has 2 amide bonds. The Morgan fingerprint density at radius 1 is 1.03 bits per heavy atom. The summed E-state index contributed by atoms with van der Waals surface area (Å²) >= 11 is 0. The number of Topliss-reactive ketones (excluding diaryl/α,β-unsaturated/α-hetero) is 1. The van der Waals surface area contributed by atoms with Crippen molar-refractivity contribution in [2.24, 2.45) is 17.8 Å². The Balaban J connectivity index is 1.45. The van der Waals surface area contributed by atoms with Crippen LogP contribution in [0.2, 0.25) is 0 Å². The van der Waals surface area contributed by atoms with Crippen molar-refractivity contribution in [1.82, 2.24) is 4.98 Å². The fourth-order valence-electron chi connectivity index (χ4n) is 5.47. The largest absolute Gasteiger partial charge is 0.444 e. The predicted octanol–water partition coefficient (Wildman–Crippen LogP) is 5.46. The van der Waals surface area contributed by atoms with Crippen LogP contribution in [0.3, 0.4) is 0 Å². The minimum absolute atomic E-state index is 0.0819. The number of hydrogen-bond acceptors (Lipinski definition) is 5. The standard InChI is InChI=1S/C27H33N3O4/c1-16-12-20(15-28-24(16)30-26(33)34-27(2,3)4)29-25(32)23(31)21-14-17-10-11-19(13-17)22(21)18-8-6-5-7-9-18/h5-9,12,15,17,19,21-22H,10-11,13-14H2,1-4H3,(H,29,32)(H,28,30,33)/t17-,19+,21?,22-/m1/s1. The topological polar surface area (TPSA) is 97.4 Å². The number of nitrogens with one attached hydrogen (secondary N) is 2. The van der Waals surface area contributed by atoms with Gasteiger partial charge >= 0.3 is 6.09 Å². The van der Waals surface area contributed by atoms with E-state index >= 15 is 0 Å². The van der Waals surface area contributed by atoms with Crippen molar-refractivity contribution in [3.05, 3.63) is 53.7 Å². The van der Waals surface area contributed by atoms with Crippen molar-refractivity contribution in [2.45, 2.75) is 64.9 Å². The Morgan fingerprint density at radius 2 is 1.76 bits per heavy atom. The average Bonchev–Trinajstić information content (AvgIpc) is 3.15. The first-order valence-corrected chi connectivity index (χ1v) is 12.0. The zero-order valence-electron chi connectivity index (χ0n) is 20.3. The lowest BCUT2D eigenvalue weighted by Crippen LogP contribution is -2.38. The Labute approximate surface area is 200 Å². The third-order valence-electron chi connectivity index (χ3n) is 6.81. The molecule has 1 aromatic heterocycles. The first-order valence-electron chi connectivity index (χ1n) is 12.0. The number of amides is 2. The first-order chi connectivity index (χ1) is 16.1. The van der Waals surface area contributed by atoms with Crippen LogP contribution >= 0.6 is 0 Å². The second kappa shape index (κ2) is 9.57. The highest BCUT2D eigenvalue weighted by atomic mass is 16.6. The predicted molar refractivity (Wildman–Crippen MR) is 131 cm³/mol. The Hall–Kier alpha value is -3.22. The van der Waals surface area contributed by atoms with Crippen molar-refractivity contribution < 1.29 is 19.1 Å². The second-order valence-electron chi connectivity index (χ2n) is 10.6. The van der Waals surface area contributed by atoms with Gasteiger partial charge in [0.2, 0.25) is 5.78 Å². The number of pyridine rings is 1. The normalized spacial score (nSPS) is 23.8. The molecule has 2 N–H and O–H groups in total. The van der Waals surface area contributed by atoms with Gasteiger partial charge in [0.15, 0.2) is 0 Å². The van der Waals surface area contributed by atoms with Crippen LogP contribution in [0.5, 0.6) is 0 Å². The summed E-state index contributed by atoms with van der Waals surface area (Å²) in [5, 5.41) is 5.34. The lowest BCUT2D eigenvalue weighted by atomic mass is 9.67. The molecule has 1 heterocycles. The highest BCUT2D eigenvalue weighted by molar-refractivity contribution is 6.41. The van der Waals surface area contributed by atoms with Crippen LogP contribution in [0.4, 0.5) is 16.3 Å². The van der Waals surface area contributed by atoms with Gasteiger partial charge in [0.1, 0.15) is 11.4 Å². The molecule has 0 spiro atoms. The van der Waals surface area contributed by atoms with Gasteiger partial charge in [-0.05, 0) is 81.9 Å². The van der Waals surface area contributed by atoms with Crippen LogP contribution in [0.25, 0.3) is 0 Å². The van der Waals surface area contributed by atoms with Crippen LogP contribution in [-0.2, 0) is 14.3 Å². The lowest BCUT2D eigenvalue weighted by Gasteiger charge is -2.36. The molecule has 1 aromatic carbocycles.